The Morgan fingerprint density at radius 1 is 1.11 bits per heavy atom. The van der Waals surface area contributed by atoms with Crippen molar-refractivity contribution in [1.29, 1.82) is 0 Å². The predicted octanol–water partition coefficient (Wildman–Crippen LogP) is 4.73. The molecule has 5 nitrogen and oxygen atoms in total. The van der Waals surface area contributed by atoms with Crippen LogP contribution in [0.15, 0.2) is 36.4 Å². The summed E-state index contributed by atoms with van der Waals surface area (Å²) < 4.78 is 7.38. The number of hydrogen-bond acceptors (Lipinski definition) is 3. The fourth-order valence-corrected chi connectivity index (χ4v) is 4.13. The molecule has 0 spiro atoms. The van der Waals surface area contributed by atoms with E-state index < -0.39 is 0 Å². The molecule has 150 valence electrons. The number of para-hydroxylation sites is 1. The van der Waals surface area contributed by atoms with Gasteiger partial charge in [0, 0.05) is 29.5 Å². The number of anilines is 1. The summed E-state index contributed by atoms with van der Waals surface area (Å²) in [6.07, 6.45) is 3.87. The van der Waals surface area contributed by atoms with Crippen LogP contribution in [0.4, 0.5) is 5.69 Å². The van der Waals surface area contributed by atoms with Gasteiger partial charge in [-0.3, -0.25) is 4.79 Å². The number of nitrogens with one attached hydrogen (secondary N) is 1. The first-order valence-electron chi connectivity index (χ1n) is 10.2. The van der Waals surface area contributed by atoms with Crippen LogP contribution in [0.25, 0.3) is 0 Å². The van der Waals surface area contributed by atoms with E-state index in [1.165, 1.54) is 0 Å². The zero-order chi connectivity index (χ0) is 20.1. The molecule has 5 heteroatoms. The van der Waals surface area contributed by atoms with Gasteiger partial charge in [-0.15, -0.1) is 0 Å². The zero-order valence-corrected chi connectivity index (χ0v) is 17.0. The van der Waals surface area contributed by atoms with Crippen LogP contribution in [0.1, 0.15) is 54.4 Å². The Hall–Kier alpha value is -2.56. The summed E-state index contributed by atoms with van der Waals surface area (Å²) in [6.45, 7) is 7.12. The van der Waals surface area contributed by atoms with Crippen molar-refractivity contribution >= 4 is 17.6 Å². The molecular formula is C23H30N2O3. The lowest BCUT2D eigenvalue weighted by Crippen LogP contribution is -2.28. The van der Waals surface area contributed by atoms with Crippen molar-refractivity contribution < 1.29 is 14.3 Å². The number of ether oxygens (including phenoxy) is 1. The molecule has 1 aliphatic carbocycles. The fourth-order valence-electron chi connectivity index (χ4n) is 4.13. The SMILES string of the molecule is CCOC(=O)c1cc(C)n(CC2CCC(C(=O)Nc3ccccc3)CC2)c1C. The van der Waals surface area contributed by atoms with Crippen molar-refractivity contribution in [3.8, 4) is 0 Å². The molecule has 1 aromatic heterocycles. The summed E-state index contributed by atoms with van der Waals surface area (Å²) in [5.41, 5.74) is 3.58. The minimum absolute atomic E-state index is 0.0819. The van der Waals surface area contributed by atoms with Crippen molar-refractivity contribution in [3.63, 3.8) is 0 Å². The monoisotopic (exact) mass is 382 g/mol. The molecular weight excluding hydrogens is 352 g/mol. The van der Waals surface area contributed by atoms with Gasteiger partial charge in [-0.1, -0.05) is 18.2 Å². The fraction of sp³-hybridized carbons (Fsp3) is 0.478. The Bertz CT molecular complexity index is 818. The van der Waals surface area contributed by atoms with E-state index in [2.05, 4.69) is 9.88 Å². The molecule has 1 aliphatic rings. The summed E-state index contributed by atoms with van der Waals surface area (Å²) in [5.74, 6) is 0.490. The van der Waals surface area contributed by atoms with E-state index >= 15 is 0 Å². The summed E-state index contributed by atoms with van der Waals surface area (Å²) in [5, 5.41) is 3.03. The number of carbonyl (C=O) groups is 2. The van der Waals surface area contributed by atoms with Crippen LogP contribution in [-0.2, 0) is 16.1 Å². The number of rotatable bonds is 6. The number of amides is 1. The second-order valence-corrected chi connectivity index (χ2v) is 7.69. The normalized spacial score (nSPS) is 19.2. The molecule has 0 atom stereocenters. The summed E-state index contributed by atoms with van der Waals surface area (Å²) in [6, 6.07) is 11.6. The van der Waals surface area contributed by atoms with Crippen LogP contribution in [-0.4, -0.2) is 23.1 Å². The van der Waals surface area contributed by atoms with Gasteiger partial charge in [0.1, 0.15) is 0 Å². The van der Waals surface area contributed by atoms with E-state index in [1.54, 1.807) is 0 Å². The van der Waals surface area contributed by atoms with Gasteiger partial charge in [0.15, 0.2) is 0 Å². The van der Waals surface area contributed by atoms with Crippen LogP contribution in [0.5, 0.6) is 0 Å². The first kappa shape index (κ1) is 20.2. The molecule has 1 heterocycles. The van der Waals surface area contributed by atoms with E-state index in [-0.39, 0.29) is 17.8 Å². The minimum atomic E-state index is -0.247. The first-order valence-corrected chi connectivity index (χ1v) is 10.2. The van der Waals surface area contributed by atoms with E-state index in [9.17, 15) is 9.59 Å². The number of nitrogens with zero attached hydrogens (tertiary/aromatic N) is 1. The minimum Gasteiger partial charge on any atom is -0.462 e. The number of aromatic nitrogens is 1. The van der Waals surface area contributed by atoms with Crippen LogP contribution < -0.4 is 5.32 Å². The Kier molecular flexibility index (Phi) is 6.55. The summed E-state index contributed by atoms with van der Waals surface area (Å²) in [7, 11) is 0. The van der Waals surface area contributed by atoms with Crippen molar-refractivity contribution in [1.82, 2.24) is 4.57 Å². The Balaban J connectivity index is 1.56. The van der Waals surface area contributed by atoms with E-state index in [0.29, 0.717) is 18.1 Å². The molecule has 1 aromatic carbocycles. The average molecular weight is 383 g/mol. The molecule has 1 amide bonds. The molecule has 28 heavy (non-hydrogen) atoms. The van der Waals surface area contributed by atoms with Crippen molar-refractivity contribution in [2.75, 3.05) is 11.9 Å². The van der Waals surface area contributed by atoms with E-state index in [1.807, 2.05) is 57.2 Å². The van der Waals surface area contributed by atoms with E-state index in [0.717, 1.165) is 49.3 Å². The molecule has 0 unspecified atom stereocenters. The highest BCUT2D eigenvalue weighted by molar-refractivity contribution is 5.92. The third kappa shape index (κ3) is 4.64. The van der Waals surface area contributed by atoms with Gasteiger partial charge in [-0.25, -0.2) is 4.79 Å². The largest absolute Gasteiger partial charge is 0.462 e. The maximum atomic E-state index is 12.5. The Labute approximate surface area is 167 Å². The van der Waals surface area contributed by atoms with Crippen molar-refractivity contribution in [2.45, 2.75) is 53.0 Å². The number of hydrogen-bond donors (Lipinski definition) is 1. The average Bonchev–Trinajstić information content (AvgIpc) is 2.98. The van der Waals surface area contributed by atoms with Crippen molar-refractivity contribution in [2.24, 2.45) is 11.8 Å². The smallest absolute Gasteiger partial charge is 0.339 e. The van der Waals surface area contributed by atoms with Gasteiger partial charge in [-0.05, 0) is 70.6 Å². The molecule has 3 rings (SSSR count). The Morgan fingerprint density at radius 2 is 1.79 bits per heavy atom. The van der Waals surface area contributed by atoms with E-state index in [4.69, 9.17) is 4.74 Å². The summed E-state index contributed by atoms with van der Waals surface area (Å²) >= 11 is 0. The standard InChI is InChI=1S/C23H30N2O3/c1-4-28-23(27)21-14-16(2)25(17(21)3)15-18-10-12-19(13-11-18)22(26)24-20-8-6-5-7-9-20/h5-9,14,18-19H,4,10-13,15H2,1-3H3,(H,24,26). The molecule has 0 saturated heterocycles. The zero-order valence-electron chi connectivity index (χ0n) is 17.0. The second kappa shape index (κ2) is 9.09. The first-order chi connectivity index (χ1) is 13.5. The molecule has 0 radical (unpaired) electrons. The molecule has 0 bridgehead atoms. The van der Waals surface area contributed by atoms with Gasteiger partial charge < -0.3 is 14.6 Å². The van der Waals surface area contributed by atoms with Gasteiger partial charge >= 0.3 is 5.97 Å². The highest BCUT2D eigenvalue weighted by Crippen LogP contribution is 2.32. The third-order valence-electron chi connectivity index (χ3n) is 5.77. The highest BCUT2D eigenvalue weighted by Gasteiger charge is 2.27. The van der Waals surface area contributed by atoms with Gasteiger partial charge in [0.25, 0.3) is 0 Å². The van der Waals surface area contributed by atoms with Crippen LogP contribution >= 0.6 is 0 Å². The van der Waals surface area contributed by atoms with Crippen LogP contribution in [0.3, 0.4) is 0 Å². The maximum absolute atomic E-state index is 12.5. The Morgan fingerprint density at radius 3 is 2.43 bits per heavy atom. The lowest BCUT2D eigenvalue weighted by molar-refractivity contribution is -0.121. The van der Waals surface area contributed by atoms with Crippen LogP contribution in [0.2, 0.25) is 0 Å². The molecule has 2 aromatic rings. The lowest BCUT2D eigenvalue weighted by atomic mass is 9.81. The quantitative estimate of drug-likeness (QED) is 0.735. The molecule has 1 saturated carbocycles. The van der Waals surface area contributed by atoms with Crippen molar-refractivity contribution in [3.05, 3.63) is 53.3 Å². The topological polar surface area (TPSA) is 60.3 Å². The maximum Gasteiger partial charge on any atom is 0.339 e. The predicted molar refractivity (Wildman–Crippen MR) is 110 cm³/mol. The number of carbonyl (C=O) groups excluding carboxylic acids is 2. The molecule has 1 fully saturated rings. The lowest BCUT2D eigenvalue weighted by Gasteiger charge is -2.29. The van der Waals surface area contributed by atoms with Gasteiger partial charge in [-0.2, -0.15) is 0 Å². The van der Waals surface area contributed by atoms with Crippen LogP contribution in [0, 0.1) is 25.7 Å². The number of benzene rings is 1. The highest BCUT2D eigenvalue weighted by atomic mass is 16.5. The molecule has 0 aliphatic heterocycles. The van der Waals surface area contributed by atoms with Gasteiger partial charge in [0.2, 0.25) is 5.91 Å². The second-order valence-electron chi connectivity index (χ2n) is 7.69. The number of esters is 1. The van der Waals surface area contributed by atoms with Gasteiger partial charge in [0.05, 0.1) is 12.2 Å². The number of aryl methyl sites for hydroxylation is 1. The molecule has 1 N–H and O–H groups in total. The third-order valence-corrected chi connectivity index (χ3v) is 5.77. The summed E-state index contributed by atoms with van der Waals surface area (Å²) in [4.78, 5) is 24.6.